The molecule has 0 saturated carbocycles. The monoisotopic (exact) mass is 284 g/mol. The van der Waals surface area contributed by atoms with Crippen LogP contribution in [0.25, 0.3) is 0 Å². The Morgan fingerprint density at radius 3 is 3.11 bits per heavy atom. The highest BCUT2D eigenvalue weighted by atomic mass is 32.1. The molecule has 0 spiro atoms. The van der Waals surface area contributed by atoms with E-state index < -0.39 is 12.0 Å². The van der Waals surface area contributed by atoms with E-state index in [4.69, 9.17) is 9.84 Å². The molecule has 19 heavy (non-hydrogen) atoms. The van der Waals surface area contributed by atoms with Gasteiger partial charge in [-0.25, -0.2) is 9.59 Å². The summed E-state index contributed by atoms with van der Waals surface area (Å²) >= 11 is 1.69. The number of methoxy groups -OCH3 is 1. The van der Waals surface area contributed by atoms with Gasteiger partial charge in [0.25, 0.3) is 0 Å². The van der Waals surface area contributed by atoms with Crippen LogP contribution in [-0.2, 0) is 22.5 Å². The number of carbonyl (C=O) groups is 2. The Balaban J connectivity index is 1.95. The molecular formula is C12H16N2O4S. The number of hydrogen-bond acceptors (Lipinski definition) is 4. The third-order valence-corrected chi connectivity index (χ3v) is 4.05. The zero-order chi connectivity index (χ0) is 13.8. The van der Waals surface area contributed by atoms with Crippen LogP contribution in [0, 0.1) is 0 Å². The highest BCUT2D eigenvalue weighted by Gasteiger charge is 2.26. The maximum Gasteiger partial charge on any atom is 0.328 e. The molecule has 0 fully saturated rings. The predicted molar refractivity (Wildman–Crippen MR) is 70.3 cm³/mol. The molecule has 2 amide bonds. The van der Waals surface area contributed by atoms with Gasteiger partial charge in [-0.15, -0.1) is 11.3 Å². The molecule has 1 unspecified atom stereocenters. The van der Waals surface area contributed by atoms with Crippen molar-refractivity contribution in [2.24, 2.45) is 0 Å². The van der Waals surface area contributed by atoms with Gasteiger partial charge in [0.15, 0.2) is 6.04 Å². The molecule has 1 aromatic rings. The maximum atomic E-state index is 12.0. The van der Waals surface area contributed by atoms with E-state index in [0.29, 0.717) is 13.1 Å². The van der Waals surface area contributed by atoms with E-state index in [2.05, 4.69) is 5.32 Å². The van der Waals surface area contributed by atoms with Gasteiger partial charge in [-0.3, -0.25) is 0 Å². The van der Waals surface area contributed by atoms with Crippen LogP contribution in [0.4, 0.5) is 4.79 Å². The molecule has 0 saturated heterocycles. The summed E-state index contributed by atoms with van der Waals surface area (Å²) in [5.41, 5.74) is 1.14. The number of carboxylic acids is 1. The van der Waals surface area contributed by atoms with Crippen molar-refractivity contribution in [2.75, 3.05) is 20.3 Å². The molecule has 1 atom stereocenters. The third kappa shape index (κ3) is 3.24. The average molecular weight is 284 g/mol. The van der Waals surface area contributed by atoms with E-state index in [-0.39, 0.29) is 12.6 Å². The van der Waals surface area contributed by atoms with Gasteiger partial charge in [0.1, 0.15) is 0 Å². The number of nitrogens with one attached hydrogen (secondary N) is 1. The van der Waals surface area contributed by atoms with Gasteiger partial charge in [0.2, 0.25) is 0 Å². The first-order valence-electron chi connectivity index (χ1n) is 5.94. The van der Waals surface area contributed by atoms with Crippen molar-refractivity contribution in [3.8, 4) is 0 Å². The summed E-state index contributed by atoms with van der Waals surface area (Å²) in [5.74, 6) is -1.09. The number of urea groups is 1. The van der Waals surface area contributed by atoms with Crippen molar-refractivity contribution < 1.29 is 19.4 Å². The Bertz CT molecular complexity index is 474. The maximum absolute atomic E-state index is 12.0. The van der Waals surface area contributed by atoms with Gasteiger partial charge in [-0.2, -0.15) is 0 Å². The minimum absolute atomic E-state index is 0.0430. The molecule has 0 aromatic carbocycles. The summed E-state index contributed by atoms with van der Waals surface area (Å²) in [4.78, 5) is 25.9. The van der Waals surface area contributed by atoms with Crippen LogP contribution in [0.1, 0.15) is 10.4 Å². The first kappa shape index (κ1) is 13.8. The number of fused-ring (bicyclic) bond motifs is 1. The molecule has 1 aliphatic rings. The zero-order valence-electron chi connectivity index (χ0n) is 10.6. The van der Waals surface area contributed by atoms with Gasteiger partial charge in [0, 0.05) is 25.1 Å². The molecule has 1 aromatic heterocycles. The van der Waals surface area contributed by atoms with E-state index >= 15 is 0 Å². The lowest BCUT2D eigenvalue weighted by Crippen LogP contribution is -2.50. The Hall–Kier alpha value is -1.60. The average Bonchev–Trinajstić information content (AvgIpc) is 2.85. The molecule has 2 N–H and O–H groups in total. The SMILES string of the molecule is COCC(NC(=O)N1CCc2sccc2C1)C(=O)O. The number of thiophene rings is 1. The van der Waals surface area contributed by atoms with Crippen LogP contribution in [0.15, 0.2) is 11.4 Å². The molecule has 0 radical (unpaired) electrons. The lowest BCUT2D eigenvalue weighted by atomic mass is 10.1. The van der Waals surface area contributed by atoms with Crippen molar-refractivity contribution in [1.82, 2.24) is 10.2 Å². The van der Waals surface area contributed by atoms with Gasteiger partial charge >= 0.3 is 12.0 Å². The van der Waals surface area contributed by atoms with Crippen molar-refractivity contribution in [2.45, 2.75) is 19.0 Å². The Labute approximate surface area is 115 Å². The quantitative estimate of drug-likeness (QED) is 0.861. The first-order chi connectivity index (χ1) is 9.11. The fourth-order valence-corrected chi connectivity index (χ4v) is 2.89. The number of rotatable bonds is 4. The number of carboxylic acid groups (broad SMARTS) is 1. The molecule has 7 heteroatoms. The Morgan fingerprint density at radius 2 is 2.42 bits per heavy atom. The summed E-state index contributed by atoms with van der Waals surface area (Å²) in [6, 6.07) is 0.631. The van der Waals surface area contributed by atoms with Crippen LogP contribution in [0.2, 0.25) is 0 Å². The number of carbonyl (C=O) groups excluding carboxylic acids is 1. The number of hydrogen-bond donors (Lipinski definition) is 2. The standard InChI is InChI=1S/C12H16N2O4S/c1-18-7-9(11(15)16)13-12(17)14-4-2-10-8(6-14)3-5-19-10/h3,5,9H,2,4,6-7H2,1H3,(H,13,17)(H,15,16). The minimum atomic E-state index is -1.09. The highest BCUT2D eigenvalue weighted by molar-refractivity contribution is 7.10. The summed E-state index contributed by atoms with van der Waals surface area (Å²) in [5, 5.41) is 13.5. The van der Waals surface area contributed by atoms with Crippen LogP contribution in [0.3, 0.4) is 0 Å². The first-order valence-corrected chi connectivity index (χ1v) is 6.82. The van der Waals surface area contributed by atoms with E-state index in [1.165, 1.54) is 12.0 Å². The zero-order valence-corrected chi connectivity index (χ0v) is 11.4. The van der Waals surface area contributed by atoms with Crippen LogP contribution < -0.4 is 5.32 Å². The molecular weight excluding hydrogens is 268 g/mol. The fraction of sp³-hybridized carbons (Fsp3) is 0.500. The van der Waals surface area contributed by atoms with E-state index in [0.717, 1.165) is 12.0 Å². The van der Waals surface area contributed by atoms with Crippen molar-refractivity contribution in [3.63, 3.8) is 0 Å². The summed E-state index contributed by atoms with van der Waals surface area (Å²) in [7, 11) is 1.40. The normalized spacial score (nSPS) is 15.7. The largest absolute Gasteiger partial charge is 0.480 e. The molecule has 2 rings (SSSR count). The molecule has 1 aliphatic heterocycles. The second-order valence-electron chi connectivity index (χ2n) is 4.34. The molecule has 2 heterocycles. The summed E-state index contributed by atoms with van der Waals surface area (Å²) in [6.45, 7) is 1.10. The Kier molecular flexibility index (Phi) is 4.39. The van der Waals surface area contributed by atoms with Gasteiger partial charge in [-0.1, -0.05) is 0 Å². The van der Waals surface area contributed by atoms with Crippen molar-refractivity contribution in [1.29, 1.82) is 0 Å². The van der Waals surface area contributed by atoms with Crippen LogP contribution in [0.5, 0.6) is 0 Å². The van der Waals surface area contributed by atoms with Crippen LogP contribution in [-0.4, -0.2) is 48.3 Å². The lowest BCUT2D eigenvalue weighted by molar-refractivity contribution is -0.140. The predicted octanol–water partition coefficient (Wildman–Crippen LogP) is 0.915. The Morgan fingerprint density at radius 1 is 1.63 bits per heavy atom. The van der Waals surface area contributed by atoms with E-state index in [9.17, 15) is 9.59 Å². The lowest BCUT2D eigenvalue weighted by Gasteiger charge is -2.28. The van der Waals surface area contributed by atoms with E-state index in [1.807, 2.05) is 11.4 Å². The molecule has 6 nitrogen and oxygen atoms in total. The van der Waals surface area contributed by atoms with Gasteiger partial charge in [0.05, 0.1) is 6.61 Å². The number of nitrogens with zero attached hydrogens (tertiary/aromatic N) is 1. The summed E-state index contributed by atoms with van der Waals surface area (Å²) in [6.07, 6.45) is 0.822. The van der Waals surface area contributed by atoms with Crippen molar-refractivity contribution >= 4 is 23.3 Å². The van der Waals surface area contributed by atoms with Crippen molar-refractivity contribution in [3.05, 3.63) is 21.9 Å². The molecule has 0 bridgehead atoms. The smallest absolute Gasteiger partial charge is 0.328 e. The van der Waals surface area contributed by atoms with Gasteiger partial charge < -0.3 is 20.1 Å². The van der Waals surface area contributed by atoms with Gasteiger partial charge in [-0.05, 0) is 23.4 Å². The molecule has 104 valence electrons. The second kappa shape index (κ2) is 6.03. The fourth-order valence-electron chi connectivity index (χ4n) is 2.00. The topological polar surface area (TPSA) is 78.9 Å². The van der Waals surface area contributed by atoms with E-state index in [1.54, 1.807) is 16.2 Å². The highest BCUT2D eigenvalue weighted by Crippen LogP contribution is 2.23. The molecule has 0 aliphatic carbocycles. The number of aliphatic carboxylic acids is 1. The number of amides is 2. The van der Waals surface area contributed by atoms with Crippen LogP contribution >= 0.6 is 11.3 Å². The summed E-state index contributed by atoms with van der Waals surface area (Å²) < 4.78 is 4.78. The minimum Gasteiger partial charge on any atom is -0.480 e. The third-order valence-electron chi connectivity index (χ3n) is 3.02. The second-order valence-corrected chi connectivity index (χ2v) is 5.34. The number of ether oxygens (including phenoxy) is 1.